The van der Waals surface area contributed by atoms with Crippen LogP contribution in [0.2, 0.25) is 0 Å². The fourth-order valence-electron chi connectivity index (χ4n) is 2.47. The quantitative estimate of drug-likeness (QED) is 0.731. The molecule has 0 fully saturated rings. The lowest BCUT2D eigenvalue weighted by Gasteiger charge is -2.01. The van der Waals surface area contributed by atoms with E-state index < -0.39 is 9.84 Å². The summed E-state index contributed by atoms with van der Waals surface area (Å²) >= 11 is 1.25. The highest BCUT2D eigenvalue weighted by molar-refractivity contribution is 7.90. The van der Waals surface area contributed by atoms with Gasteiger partial charge in [-0.05, 0) is 38.5 Å². The van der Waals surface area contributed by atoms with Gasteiger partial charge in [0, 0.05) is 18.2 Å². The maximum Gasteiger partial charge on any atom is 0.226 e. The topological polar surface area (TPSA) is 102 Å². The number of thiazole rings is 1. The molecule has 0 spiro atoms. The summed E-state index contributed by atoms with van der Waals surface area (Å²) in [4.78, 5) is 16.7. The first kappa shape index (κ1) is 17.6. The first-order valence-corrected chi connectivity index (χ1v) is 10.3. The van der Waals surface area contributed by atoms with E-state index in [0.717, 1.165) is 23.3 Å². The molecule has 0 bridgehead atoms. The average Bonchev–Trinajstić information content (AvgIpc) is 3.06. The van der Waals surface area contributed by atoms with Crippen molar-refractivity contribution in [2.24, 2.45) is 0 Å². The van der Waals surface area contributed by atoms with Crippen molar-refractivity contribution in [3.8, 4) is 0 Å². The number of nitrogens with one attached hydrogen (secondary N) is 1. The Bertz CT molecular complexity index is 1030. The van der Waals surface area contributed by atoms with Gasteiger partial charge in [0.1, 0.15) is 5.76 Å². The van der Waals surface area contributed by atoms with Crippen molar-refractivity contribution in [2.45, 2.75) is 31.6 Å². The van der Waals surface area contributed by atoms with Crippen LogP contribution in [0.25, 0.3) is 10.2 Å². The van der Waals surface area contributed by atoms with Crippen LogP contribution in [0.3, 0.4) is 0 Å². The third kappa shape index (κ3) is 3.88. The van der Waals surface area contributed by atoms with Crippen LogP contribution in [-0.2, 0) is 21.1 Å². The molecular weight excluding hydrogens is 362 g/mol. The molecule has 0 aliphatic rings. The maximum atomic E-state index is 12.1. The largest absolute Gasteiger partial charge is 0.361 e. The molecule has 2 heterocycles. The van der Waals surface area contributed by atoms with E-state index >= 15 is 0 Å². The van der Waals surface area contributed by atoms with Crippen LogP contribution in [0.15, 0.2) is 27.6 Å². The Kier molecular flexibility index (Phi) is 4.61. The number of anilines is 1. The Labute approximate surface area is 149 Å². The van der Waals surface area contributed by atoms with Crippen LogP contribution in [0.4, 0.5) is 5.13 Å². The third-order valence-electron chi connectivity index (χ3n) is 3.82. The average molecular weight is 379 g/mol. The molecule has 1 amide bonds. The van der Waals surface area contributed by atoms with Crippen LogP contribution >= 0.6 is 11.3 Å². The van der Waals surface area contributed by atoms with Crippen molar-refractivity contribution in [1.82, 2.24) is 10.1 Å². The van der Waals surface area contributed by atoms with Gasteiger partial charge in [0.05, 0.1) is 20.8 Å². The Morgan fingerprint density at radius 2 is 2.08 bits per heavy atom. The zero-order valence-corrected chi connectivity index (χ0v) is 15.6. The number of amides is 1. The lowest BCUT2D eigenvalue weighted by molar-refractivity contribution is -0.116. The molecular formula is C16H17N3O4S2. The zero-order valence-electron chi connectivity index (χ0n) is 14.0. The number of carbonyl (C=O) groups excluding carboxylic acids is 1. The summed E-state index contributed by atoms with van der Waals surface area (Å²) in [7, 11) is -3.27. The summed E-state index contributed by atoms with van der Waals surface area (Å²) in [5, 5.41) is 7.08. The summed E-state index contributed by atoms with van der Waals surface area (Å²) in [6, 6.07) is 4.73. The van der Waals surface area contributed by atoms with Crippen LogP contribution in [0.5, 0.6) is 0 Å². The molecule has 0 aliphatic carbocycles. The SMILES string of the molecule is Cc1noc(C)c1CCC(=O)Nc1nc2ccc(S(C)(=O)=O)cc2s1. The van der Waals surface area contributed by atoms with Gasteiger partial charge < -0.3 is 9.84 Å². The third-order valence-corrected chi connectivity index (χ3v) is 5.86. The number of aromatic nitrogens is 2. The first-order valence-electron chi connectivity index (χ1n) is 7.56. The Hall–Kier alpha value is -2.26. The van der Waals surface area contributed by atoms with Gasteiger partial charge in [-0.15, -0.1) is 0 Å². The smallest absolute Gasteiger partial charge is 0.226 e. The second-order valence-corrected chi connectivity index (χ2v) is 8.82. The van der Waals surface area contributed by atoms with Crippen LogP contribution < -0.4 is 5.32 Å². The Morgan fingerprint density at radius 3 is 2.72 bits per heavy atom. The number of hydrogen-bond donors (Lipinski definition) is 1. The lowest BCUT2D eigenvalue weighted by atomic mass is 10.1. The van der Waals surface area contributed by atoms with Gasteiger partial charge in [0.25, 0.3) is 0 Å². The lowest BCUT2D eigenvalue weighted by Crippen LogP contribution is -2.12. The van der Waals surface area contributed by atoms with Crippen molar-refractivity contribution in [2.75, 3.05) is 11.6 Å². The zero-order chi connectivity index (χ0) is 18.2. The monoisotopic (exact) mass is 379 g/mol. The second kappa shape index (κ2) is 6.57. The molecule has 1 N–H and O–H groups in total. The van der Waals surface area contributed by atoms with E-state index in [4.69, 9.17) is 4.52 Å². The molecule has 3 rings (SSSR count). The van der Waals surface area contributed by atoms with Gasteiger partial charge in [-0.3, -0.25) is 4.79 Å². The summed E-state index contributed by atoms with van der Waals surface area (Å²) < 4.78 is 29.0. The molecule has 7 nitrogen and oxygen atoms in total. The molecule has 0 aliphatic heterocycles. The summed E-state index contributed by atoms with van der Waals surface area (Å²) in [6.45, 7) is 3.66. The van der Waals surface area contributed by atoms with Crippen LogP contribution in [0.1, 0.15) is 23.4 Å². The van der Waals surface area contributed by atoms with Gasteiger partial charge in [0.2, 0.25) is 5.91 Å². The minimum Gasteiger partial charge on any atom is -0.361 e. The van der Waals surface area contributed by atoms with Crippen molar-refractivity contribution in [1.29, 1.82) is 0 Å². The van der Waals surface area contributed by atoms with Gasteiger partial charge in [-0.2, -0.15) is 0 Å². The molecule has 0 saturated carbocycles. The normalized spacial score (nSPS) is 11.8. The van der Waals surface area contributed by atoms with Crippen molar-refractivity contribution in [3.63, 3.8) is 0 Å². The number of aryl methyl sites for hydroxylation is 2. The molecule has 0 radical (unpaired) electrons. The van der Waals surface area contributed by atoms with Crippen LogP contribution in [-0.4, -0.2) is 30.7 Å². The number of hydrogen-bond acceptors (Lipinski definition) is 7. The fraction of sp³-hybridized carbons (Fsp3) is 0.312. The van der Waals surface area contributed by atoms with Crippen molar-refractivity contribution in [3.05, 3.63) is 35.2 Å². The summed E-state index contributed by atoms with van der Waals surface area (Å²) in [5.41, 5.74) is 2.38. The molecule has 0 atom stereocenters. The standard InChI is InChI=1S/C16H17N3O4S2/c1-9-12(10(2)23-19-9)5-7-15(20)18-16-17-13-6-4-11(25(3,21)22)8-14(13)24-16/h4,6,8H,5,7H2,1-3H3,(H,17,18,20). The highest BCUT2D eigenvalue weighted by Gasteiger charge is 2.14. The highest BCUT2D eigenvalue weighted by Crippen LogP contribution is 2.28. The van der Waals surface area contributed by atoms with Gasteiger partial charge in [-0.1, -0.05) is 16.5 Å². The Morgan fingerprint density at radius 1 is 1.32 bits per heavy atom. The van der Waals surface area contributed by atoms with Crippen LogP contribution in [0, 0.1) is 13.8 Å². The van der Waals surface area contributed by atoms with E-state index in [-0.39, 0.29) is 17.2 Å². The van der Waals surface area contributed by atoms with E-state index in [9.17, 15) is 13.2 Å². The van der Waals surface area contributed by atoms with E-state index in [1.807, 2.05) is 13.8 Å². The molecule has 2 aromatic heterocycles. The number of carbonyl (C=O) groups is 1. The number of sulfone groups is 1. The van der Waals surface area contributed by atoms with Crippen molar-refractivity contribution >= 4 is 42.4 Å². The van der Waals surface area contributed by atoms with E-state index in [2.05, 4.69) is 15.5 Å². The maximum absolute atomic E-state index is 12.1. The minimum atomic E-state index is -3.27. The predicted octanol–water partition coefficient (Wildman–Crippen LogP) is 2.88. The van der Waals surface area contributed by atoms with Gasteiger partial charge in [0.15, 0.2) is 15.0 Å². The first-order chi connectivity index (χ1) is 11.7. The van der Waals surface area contributed by atoms with Crippen molar-refractivity contribution < 1.29 is 17.7 Å². The molecule has 9 heteroatoms. The molecule has 0 unspecified atom stereocenters. The van der Waals surface area contributed by atoms with Gasteiger partial charge >= 0.3 is 0 Å². The van der Waals surface area contributed by atoms with Gasteiger partial charge in [-0.25, -0.2) is 13.4 Å². The second-order valence-electron chi connectivity index (χ2n) is 5.77. The van der Waals surface area contributed by atoms with E-state index in [1.165, 1.54) is 17.4 Å². The molecule has 25 heavy (non-hydrogen) atoms. The molecule has 3 aromatic rings. The summed E-state index contributed by atoms with van der Waals surface area (Å²) in [5.74, 6) is 0.556. The number of nitrogens with zero attached hydrogens (tertiary/aromatic N) is 2. The van der Waals surface area contributed by atoms with E-state index in [0.29, 0.717) is 21.8 Å². The molecule has 132 valence electrons. The molecule has 0 saturated heterocycles. The van der Waals surface area contributed by atoms with E-state index in [1.54, 1.807) is 12.1 Å². The minimum absolute atomic E-state index is 0.164. The number of fused-ring (bicyclic) bond motifs is 1. The Balaban J connectivity index is 1.71. The predicted molar refractivity (Wildman–Crippen MR) is 95.7 cm³/mol. The fourth-order valence-corrected chi connectivity index (χ4v) is 4.11. The summed E-state index contributed by atoms with van der Waals surface area (Å²) in [6.07, 6.45) is 1.98. The number of benzene rings is 1. The number of rotatable bonds is 5. The highest BCUT2D eigenvalue weighted by atomic mass is 32.2. The molecule has 1 aromatic carbocycles.